The summed E-state index contributed by atoms with van der Waals surface area (Å²) in [4.78, 5) is 0. The molecular formula is C12H16BrClFN. The van der Waals surface area contributed by atoms with Crippen LogP contribution in [-0.2, 0) is 0 Å². The number of benzene rings is 1. The Morgan fingerprint density at radius 1 is 1.38 bits per heavy atom. The summed E-state index contributed by atoms with van der Waals surface area (Å²) < 4.78 is 13.6. The van der Waals surface area contributed by atoms with Crippen LogP contribution < -0.4 is 5.32 Å². The van der Waals surface area contributed by atoms with E-state index < -0.39 is 0 Å². The van der Waals surface area contributed by atoms with Crippen molar-refractivity contribution in [1.29, 1.82) is 0 Å². The quantitative estimate of drug-likeness (QED) is 0.820. The largest absolute Gasteiger partial charge is 0.383 e. The van der Waals surface area contributed by atoms with Gasteiger partial charge in [-0.2, -0.15) is 0 Å². The van der Waals surface area contributed by atoms with E-state index in [1.807, 2.05) is 0 Å². The van der Waals surface area contributed by atoms with Crippen LogP contribution in [0, 0.1) is 11.2 Å². The van der Waals surface area contributed by atoms with E-state index >= 15 is 0 Å². The molecule has 4 heteroatoms. The molecule has 0 heterocycles. The van der Waals surface area contributed by atoms with Gasteiger partial charge in [0.15, 0.2) is 0 Å². The molecule has 0 saturated carbocycles. The second-order valence-corrected chi connectivity index (χ2v) is 6.24. The van der Waals surface area contributed by atoms with Gasteiger partial charge >= 0.3 is 0 Å². The molecule has 0 unspecified atom stereocenters. The van der Waals surface area contributed by atoms with Gasteiger partial charge in [-0.15, -0.1) is 0 Å². The predicted molar refractivity (Wildman–Crippen MR) is 71.7 cm³/mol. The molecule has 0 aliphatic carbocycles. The average Bonchev–Trinajstić information content (AvgIpc) is 2.07. The number of anilines is 1. The lowest BCUT2D eigenvalue weighted by atomic mass is 9.92. The van der Waals surface area contributed by atoms with Crippen LogP contribution in [0.4, 0.5) is 10.1 Å². The van der Waals surface area contributed by atoms with Gasteiger partial charge in [-0.3, -0.25) is 0 Å². The minimum Gasteiger partial charge on any atom is -0.383 e. The van der Waals surface area contributed by atoms with E-state index in [9.17, 15) is 4.39 Å². The van der Waals surface area contributed by atoms with E-state index in [4.69, 9.17) is 11.6 Å². The first-order valence-corrected chi connectivity index (χ1v) is 6.35. The van der Waals surface area contributed by atoms with Crippen LogP contribution in [0.5, 0.6) is 0 Å². The van der Waals surface area contributed by atoms with Gasteiger partial charge in [-0.25, -0.2) is 4.39 Å². The zero-order valence-corrected chi connectivity index (χ0v) is 12.0. The summed E-state index contributed by atoms with van der Waals surface area (Å²) in [7, 11) is 0. The molecule has 0 bridgehead atoms. The fourth-order valence-corrected chi connectivity index (χ4v) is 2.23. The minimum absolute atomic E-state index is 0.270. The molecule has 1 aromatic rings. The molecular weight excluding hydrogens is 292 g/mol. The summed E-state index contributed by atoms with van der Waals surface area (Å²) >= 11 is 9.24. The van der Waals surface area contributed by atoms with Crippen molar-refractivity contribution in [3.63, 3.8) is 0 Å². The smallest absolute Gasteiger partial charge is 0.125 e. The molecule has 0 atom stereocenters. The second kappa shape index (κ2) is 5.37. The van der Waals surface area contributed by atoms with Crippen LogP contribution >= 0.6 is 27.5 Å². The molecule has 0 radical (unpaired) electrons. The Bertz CT molecular complexity index is 351. The molecule has 1 rings (SSSR count). The first kappa shape index (κ1) is 13.8. The van der Waals surface area contributed by atoms with E-state index in [0.29, 0.717) is 9.50 Å². The fraction of sp³-hybridized carbons (Fsp3) is 0.500. The highest BCUT2D eigenvalue weighted by atomic mass is 79.9. The summed E-state index contributed by atoms with van der Waals surface area (Å²) in [5, 5.41) is 3.62. The lowest BCUT2D eigenvalue weighted by Crippen LogP contribution is -2.13. The highest BCUT2D eigenvalue weighted by molar-refractivity contribution is 9.10. The lowest BCUT2D eigenvalue weighted by Gasteiger charge is -2.19. The van der Waals surface area contributed by atoms with Gasteiger partial charge in [0.2, 0.25) is 0 Å². The molecule has 90 valence electrons. The maximum Gasteiger partial charge on any atom is 0.125 e. The number of halogens is 3. The van der Waals surface area contributed by atoms with Gasteiger partial charge < -0.3 is 5.32 Å². The number of nitrogens with one attached hydrogen (secondary N) is 1. The van der Waals surface area contributed by atoms with E-state index in [1.165, 1.54) is 12.1 Å². The van der Waals surface area contributed by atoms with E-state index in [1.54, 1.807) is 0 Å². The van der Waals surface area contributed by atoms with Crippen molar-refractivity contribution in [3.05, 3.63) is 27.4 Å². The van der Waals surface area contributed by atoms with Crippen molar-refractivity contribution in [1.82, 2.24) is 0 Å². The van der Waals surface area contributed by atoms with Gasteiger partial charge in [0.1, 0.15) is 5.82 Å². The summed E-state index contributed by atoms with van der Waals surface area (Å²) in [5.74, 6) is -0.335. The second-order valence-electron chi connectivity index (χ2n) is 4.98. The fourth-order valence-electron chi connectivity index (χ4n) is 1.27. The molecule has 0 aromatic heterocycles. The molecule has 0 fully saturated rings. The zero-order chi connectivity index (χ0) is 12.3. The molecule has 16 heavy (non-hydrogen) atoms. The maximum atomic E-state index is 13.0. The van der Waals surface area contributed by atoms with Gasteiger partial charge in [-0.05, 0) is 39.9 Å². The maximum absolute atomic E-state index is 13.0. The van der Waals surface area contributed by atoms with Crippen LogP contribution in [0.2, 0.25) is 5.02 Å². The van der Waals surface area contributed by atoms with E-state index in [0.717, 1.165) is 18.7 Å². The first-order chi connectivity index (χ1) is 7.29. The topological polar surface area (TPSA) is 12.0 Å². The highest BCUT2D eigenvalue weighted by Gasteiger charge is 2.11. The summed E-state index contributed by atoms with van der Waals surface area (Å²) in [6.45, 7) is 7.34. The number of hydrogen-bond donors (Lipinski definition) is 1. The van der Waals surface area contributed by atoms with Crippen LogP contribution in [-0.4, -0.2) is 6.54 Å². The Morgan fingerprint density at radius 2 is 2.00 bits per heavy atom. The Kier molecular flexibility index (Phi) is 4.62. The Hall–Kier alpha value is -0.280. The predicted octanol–water partition coefficient (Wildman–Crippen LogP) is 5.09. The van der Waals surface area contributed by atoms with Crippen LogP contribution in [0.3, 0.4) is 0 Å². The van der Waals surface area contributed by atoms with Crippen LogP contribution in [0.1, 0.15) is 27.2 Å². The highest BCUT2D eigenvalue weighted by Crippen LogP contribution is 2.32. The normalized spacial score (nSPS) is 11.6. The molecule has 0 aliphatic rings. The summed E-state index contributed by atoms with van der Waals surface area (Å²) in [6.07, 6.45) is 1.02. The van der Waals surface area contributed by atoms with Crippen molar-refractivity contribution in [2.45, 2.75) is 27.2 Å². The molecule has 1 N–H and O–H groups in total. The summed E-state index contributed by atoms with van der Waals surface area (Å²) in [5.41, 5.74) is 1.03. The first-order valence-electron chi connectivity index (χ1n) is 5.18. The van der Waals surface area contributed by atoms with Crippen molar-refractivity contribution >= 4 is 33.2 Å². The third-order valence-corrected chi connectivity index (χ3v) is 3.11. The van der Waals surface area contributed by atoms with Gasteiger partial charge in [0.05, 0.1) is 10.7 Å². The van der Waals surface area contributed by atoms with Crippen molar-refractivity contribution in [2.24, 2.45) is 5.41 Å². The monoisotopic (exact) mass is 307 g/mol. The SMILES string of the molecule is CC(C)(C)CCNc1c(Cl)cc(F)cc1Br. The van der Waals surface area contributed by atoms with Crippen molar-refractivity contribution < 1.29 is 4.39 Å². The van der Waals surface area contributed by atoms with Crippen molar-refractivity contribution in [3.8, 4) is 0 Å². The molecule has 0 spiro atoms. The number of hydrogen-bond acceptors (Lipinski definition) is 1. The Morgan fingerprint density at radius 3 is 2.50 bits per heavy atom. The van der Waals surface area contributed by atoms with Crippen LogP contribution in [0.25, 0.3) is 0 Å². The third-order valence-electron chi connectivity index (χ3n) is 2.18. The number of rotatable bonds is 3. The van der Waals surface area contributed by atoms with Crippen LogP contribution in [0.15, 0.2) is 16.6 Å². The average molecular weight is 309 g/mol. The molecule has 1 nitrogen and oxygen atoms in total. The lowest BCUT2D eigenvalue weighted by molar-refractivity contribution is 0.390. The van der Waals surface area contributed by atoms with E-state index in [2.05, 4.69) is 42.0 Å². The van der Waals surface area contributed by atoms with Crippen molar-refractivity contribution in [2.75, 3.05) is 11.9 Å². The zero-order valence-electron chi connectivity index (χ0n) is 9.70. The standard InChI is InChI=1S/C12H16BrClFN/c1-12(2,3)4-5-16-11-9(13)6-8(15)7-10(11)14/h6-7,16H,4-5H2,1-3H3. The van der Waals surface area contributed by atoms with E-state index in [-0.39, 0.29) is 11.2 Å². The van der Waals surface area contributed by atoms with Gasteiger partial charge in [0.25, 0.3) is 0 Å². The summed E-state index contributed by atoms with van der Waals surface area (Å²) in [6, 6.07) is 2.72. The third kappa shape index (κ3) is 4.30. The van der Waals surface area contributed by atoms with Gasteiger partial charge in [-0.1, -0.05) is 32.4 Å². The minimum atomic E-state index is -0.335. The molecule has 0 saturated heterocycles. The Balaban J connectivity index is 2.68. The Labute approximate surface area is 110 Å². The van der Waals surface area contributed by atoms with Gasteiger partial charge in [0, 0.05) is 11.0 Å². The molecule has 1 aromatic carbocycles. The molecule has 0 amide bonds. The molecule has 0 aliphatic heterocycles.